The molecule has 1 unspecified atom stereocenters. The van der Waals surface area contributed by atoms with Crippen LogP contribution in [0.4, 0.5) is 10.5 Å². The summed E-state index contributed by atoms with van der Waals surface area (Å²) in [5.41, 5.74) is 0.665. The maximum Gasteiger partial charge on any atom is 0.411 e. The maximum atomic E-state index is 12.2. The van der Waals surface area contributed by atoms with Crippen molar-refractivity contribution in [3.05, 3.63) is 24.3 Å². The first kappa shape index (κ1) is 30.8. The van der Waals surface area contributed by atoms with Crippen molar-refractivity contribution in [2.24, 2.45) is 0 Å². The molecule has 1 aliphatic heterocycles. The quantitative estimate of drug-likeness (QED) is 0.351. The smallest absolute Gasteiger partial charge is 0.411 e. The summed E-state index contributed by atoms with van der Waals surface area (Å²) in [5, 5.41) is 2.83. The summed E-state index contributed by atoms with van der Waals surface area (Å²) in [6, 6.07) is 8.19. The van der Waals surface area contributed by atoms with Crippen LogP contribution < -0.4 is 10.1 Å². The zero-order valence-corrected chi connectivity index (χ0v) is 21.6. The number of ether oxygens (including phenoxy) is 2. The lowest BCUT2D eigenvalue weighted by molar-refractivity contribution is 0.0815. The van der Waals surface area contributed by atoms with Gasteiger partial charge in [0.25, 0.3) is 0 Å². The minimum Gasteiger partial charge on any atom is -0.491 e. The molecule has 1 heterocycles. The minimum atomic E-state index is -0.424. The molecule has 0 saturated carbocycles. The van der Waals surface area contributed by atoms with Crippen LogP contribution in [0, 0.1) is 0 Å². The first-order valence-electron chi connectivity index (χ1n) is 11.8. The highest BCUT2D eigenvalue weighted by Gasteiger charge is 2.20. The number of amides is 1. The molecule has 0 spiro atoms. The second-order valence-corrected chi connectivity index (χ2v) is 8.15. The van der Waals surface area contributed by atoms with Crippen LogP contribution >= 0.6 is 24.8 Å². The number of hydrogen-bond donors (Lipinski definition) is 1. The molecular weight excluding hydrogens is 449 g/mol. The molecule has 0 bridgehead atoms. The lowest BCUT2D eigenvalue weighted by atomic mass is 10.2. The monoisotopic (exact) mass is 491 g/mol. The molecule has 2 rings (SSSR count). The molecule has 1 N–H and O–H groups in total. The van der Waals surface area contributed by atoms with E-state index in [1.54, 1.807) is 0 Å². The number of para-hydroxylation sites is 2. The third kappa shape index (κ3) is 11.6. The summed E-state index contributed by atoms with van der Waals surface area (Å²) in [6.07, 6.45) is 6.74. The minimum absolute atomic E-state index is 0. The number of halogens is 2. The number of carbonyl (C=O) groups is 1. The van der Waals surface area contributed by atoms with Crippen molar-refractivity contribution >= 4 is 36.6 Å². The first-order valence-corrected chi connectivity index (χ1v) is 11.8. The number of carbonyl (C=O) groups excluding carboxylic acids is 1. The van der Waals surface area contributed by atoms with E-state index in [-0.39, 0.29) is 24.8 Å². The van der Waals surface area contributed by atoms with Crippen LogP contribution in [0.25, 0.3) is 0 Å². The fourth-order valence-electron chi connectivity index (χ4n) is 3.68. The topological polar surface area (TPSA) is 54.0 Å². The molecule has 1 amide bonds. The third-order valence-corrected chi connectivity index (χ3v) is 5.89. The van der Waals surface area contributed by atoms with E-state index in [9.17, 15) is 4.79 Å². The number of anilines is 1. The third-order valence-electron chi connectivity index (χ3n) is 5.89. The molecule has 8 heteroatoms. The SMILES string of the molecule is CCCCCCCOc1ccccc1NC(=O)OCCN1CCN(C(C)CC)CC1.Cl.Cl. The lowest BCUT2D eigenvalue weighted by Crippen LogP contribution is -2.50. The Hall–Kier alpha value is -1.21. The molecule has 0 aliphatic carbocycles. The van der Waals surface area contributed by atoms with Crippen LogP contribution in [0.15, 0.2) is 24.3 Å². The zero-order chi connectivity index (χ0) is 21.6. The highest BCUT2D eigenvalue weighted by molar-refractivity contribution is 5.86. The van der Waals surface area contributed by atoms with Gasteiger partial charge in [-0.1, -0.05) is 51.7 Å². The second kappa shape index (κ2) is 18.2. The highest BCUT2D eigenvalue weighted by atomic mass is 35.5. The Morgan fingerprint density at radius 3 is 2.38 bits per heavy atom. The van der Waals surface area contributed by atoms with E-state index in [0.717, 1.165) is 39.1 Å². The van der Waals surface area contributed by atoms with Gasteiger partial charge in [0, 0.05) is 38.8 Å². The van der Waals surface area contributed by atoms with Crippen LogP contribution in [-0.4, -0.2) is 67.9 Å². The summed E-state index contributed by atoms with van der Waals surface area (Å²) >= 11 is 0. The molecule has 0 aromatic heterocycles. The van der Waals surface area contributed by atoms with Gasteiger partial charge in [-0.25, -0.2) is 4.79 Å². The Morgan fingerprint density at radius 1 is 1.00 bits per heavy atom. The Bertz CT molecular complexity index is 614. The molecule has 1 aromatic carbocycles. The van der Waals surface area contributed by atoms with Gasteiger partial charge in [0.15, 0.2) is 0 Å². The van der Waals surface area contributed by atoms with E-state index in [4.69, 9.17) is 9.47 Å². The number of piperazine rings is 1. The Balaban J connectivity index is 0.00000480. The molecule has 1 fully saturated rings. The van der Waals surface area contributed by atoms with E-state index < -0.39 is 6.09 Å². The predicted octanol–water partition coefficient (Wildman–Crippen LogP) is 5.84. The standard InChI is InChI=1S/C24H41N3O3.2ClH/c1-4-6-7-8-11-19-29-23-13-10-9-12-22(23)25-24(28)30-20-18-26-14-16-27(17-15-26)21(3)5-2;;/h9-10,12-13,21H,4-8,11,14-20H2,1-3H3,(H,25,28);2*1H. The average Bonchev–Trinajstić information content (AvgIpc) is 2.77. The van der Waals surface area contributed by atoms with Gasteiger partial charge < -0.3 is 9.47 Å². The molecule has 1 atom stereocenters. The van der Waals surface area contributed by atoms with Gasteiger partial charge in [-0.05, 0) is 31.9 Å². The fourth-order valence-corrected chi connectivity index (χ4v) is 3.68. The number of benzene rings is 1. The van der Waals surface area contributed by atoms with Gasteiger partial charge in [0.05, 0.1) is 12.3 Å². The van der Waals surface area contributed by atoms with Gasteiger partial charge >= 0.3 is 6.09 Å². The second-order valence-electron chi connectivity index (χ2n) is 8.15. The van der Waals surface area contributed by atoms with Crippen molar-refractivity contribution in [3.8, 4) is 5.75 Å². The van der Waals surface area contributed by atoms with Crippen molar-refractivity contribution in [1.29, 1.82) is 0 Å². The number of hydrogen-bond acceptors (Lipinski definition) is 5. The van der Waals surface area contributed by atoms with E-state index >= 15 is 0 Å². The van der Waals surface area contributed by atoms with Crippen molar-refractivity contribution < 1.29 is 14.3 Å². The molecule has 32 heavy (non-hydrogen) atoms. The van der Waals surface area contributed by atoms with E-state index in [2.05, 4.69) is 35.9 Å². The Labute approximate surface area is 207 Å². The number of unbranched alkanes of at least 4 members (excludes halogenated alkanes) is 4. The fraction of sp³-hybridized carbons (Fsp3) is 0.708. The molecule has 6 nitrogen and oxygen atoms in total. The zero-order valence-electron chi connectivity index (χ0n) is 20.0. The summed E-state index contributed by atoms with van der Waals surface area (Å²) in [5.74, 6) is 0.700. The van der Waals surface area contributed by atoms with Gasteiger partial charge in [-0.2, -0.15) is 0 Å². The normalized spacial score (nSPS) is 15.2. The first-order chi connectivity index (χ1) is 14.6. The molecule has 1 aromatic rings. The average molecular weight is 493 g/mol. The molecule has 1 aliphatic rings. The summed E-state index contributed by atoms with van der Waals surface area (Å²) in [4.78, 5) is 17.1. The van der Waals surface area contributed by atoms with Gasteiger partial charge in [-0.15, -0.1) is 24.8 Å². The molecular formula is C24H43Cl2N3O3. The Kier molecular flexibility index (Phi) is 17.6. The molecule has 186 valence electrons. The van der Waals surface area contributed by atoms with Crippen molar-refractivity contribution in [1.82, 2.24) is 9.80 Å². The van der Waals surface area contributed by atoms with Gasteiger partial charge in [0.1, 0.15) is 12.4 Å². The molecule has 1 saturated heterocycles. The van der Waals surface area contributed by atoms with Crippen molar-refractivity contribution in [3.63, 3.8) is 0 Å². The highest BCUT2D eigenvalue weighted by Crippen LogP contribution is 2.24. The van der Waals surface area contributed by atoms with Crippen LogP contribution in [0.3, 0.4) is 0 Å². The number of nitrogens with one attached hydrogen (secondary N) is 1. The summed E-state index contributed by atoms with van der Waals surface area (Å²) in [6.45, 7) is 12.8. The van der Waals surface area contributed by atoms with E-state index in [0.29, 0.717) is 30.7 Å². The number of nitrogens with zero attached hydrogens (tertiary/aromatic N) is 2. The van der Waals surface area contributed by atoms with Gasteiger partial charge in [-0.3, -0.25) is 15.1 Å². The van der Waals surface area contributed by atoms with Crippen molar-refractivity contribution in [2.45, 2.75) is 65.3 Å². The van der Waals surface area contributed by atoms with Crippen molar-refractivity contribution in [2.75, 3.05) is 51.3 Å². The summed E-state index contributed by atoms with van der Waals surface area (Å²) < 4.78 is 11.3. The van der Waals surface area contributed by atoms with Gasteiger partial charge in [0.2, 0.25) is 0 Å². The Morgan fingerprint density at radius 2 is 1.69 bits per heavy atom. The molecule has 0 radical (unpaired) electrons. The van der Waals surface area contributed by atoms with E-state index in [1.807, 2.05) is 24.3 Å². The van der Waals surface area contributed by atoms with Crippen LogP contribution in [0.2, 0.25) is 0 Å². The summed E-state index contributed by atoms with van der Waals surface area (Å²) in [7, 11) is 0. The maximum absolute atomic E-state index is 12.2. The van der Waals surface area contributed by atoms with Crippen LogP contribution in [0.5, 0.6) is 5.75 Å². The predicted molar refractivity (Wildman–Crippen MR) is 138 cm³/mol. The largest absolute Gasteiger partial charge is 0.491 e. The lowest BCUT2D eigenvalue weighted by Gasteiger charge is -2.37. The van der Waals surface area contributed by atoms with Crippen LogP contribution in [-0.2, 0) is 4.74 Å². The number of rotatable bonds is 13. The van der Waals surface area contributed by atoms with Crippen LogP contribution in [0.1, 0.15) is 59.3 Å². The van der Waals surface area contributed by atoms with E-state index in [1.165, 1.54) is 32.1 Å².